The number of carbonyl (C=O) groups excluding carboxylic acids is 1. The van der Waals surface area contributed by atoms with Crippen LogP contribution in [0.2, 0.25) is 0 Å². The number of ether oxygens (including phenoxy) is 2. The van der Waals surface area contributed by atoms with Gasteiger partial charge in [0.15, 0.2) is 5.79 Å². The average molecular weight is 184 g/mol. The first-order valence-corrected chi connectivity index (χ1v) is 4.99. The Morgan fingerprint density at radius 1 is 1.31 bits per heavy atom. The molecule has 0 radical (unpaired) electrons. The van der Waals surface area contributed by atoms with Gasteiger partial charge in [-0.15, -0.1) is 0 Å². The molecule has 1 saturated carbocycles. The molecule has 3 nitrogen and oxygen atoms in total. The SMILES string of the molecule is CC1(C2CCCC2C=O)OCCO1. The van der Waals surface area contributed by atoms with E-state index < -0.39 is 5.79 Å². The fourth-order valence-electron chi connectivity index (χ4n) is 2.55. The lowest BCUT2D eigenvalue weighted by atomic mass is 9.90. The number of carbonyl (C=O) groups is 1. The molecule has 74 valence electrons. The highest BCUT2D eigenvalue weighted by Gasteiger charge is 2.45. The summed E-state index contributed by atoms with van der Waals surface area (Å²) in [6.07, 6.45) is 4.24. The molecular formula is C10H16O3. The van der Waals surface area contributed by atoms with Crippen molar-refractivity contribution in [2.75, 3.05) is 13.2 Å². The standard InChI is InChI=1S/C10H16O3/c1-10(12-5-6-13-10)9-4-2-3-8(9)7-11/h7-9H,2-6H2,1H3. The molecule has 1 heterocycles. The monoisotopic (exact) mass is 184 g/mol. The van der Waals surface area contributed by atoms with Crippen LogP contribution >= 0.6 is 0 Å². The maximum absolute atomic E-state index is 10.8. The molecule has 1 aliphatic heterocycles. The van der Waals surface area contributed by atoms with Gasteiger partial charge in [0.2, 0.25) is 0 Å². The quantitative estimate of drug-likeness (QED) is 0.608. The second-order valence-corrected chi connectivity index (χ2v) is 4.05. The Labute approximate surface area is 78.4 Å². The molecule has 0 aromatic heterocycles. The summed E-state index contributed by atoms with van der Waals surface area (Å²) in [5, 5.41) is 0. The summed E-state index contributed by atoms with van der Waals surface area (Å²) in [5.74, 6) is -0.0715. The minimum absolute atomic E-state index is 0.142. The van der Waals surface area contributed by atoms with E-state index in [1.54, 1.807) is 0 Å². The van der Waals surface area contributed by atoms with Gasteiger partial charge in [-0.1, -0.05) is 6.42 Å². The van der Waals surface area contributed by atoms with Crippen molar-refractivity contribution in [1.29, 1.82) is 0 Å². The van der Waals surface area contributed by atoms with Gasteiger partial charge >= 0.3 is 0 Å². The van der Waals surface area contributed by atoms with Crippen LogP contribution in [0.3, 0.4) is 0 Å². The highest BCUT2D eigenvalue weighted by molar-refractivity contribution is 5.54. The lowest BCUT2D eigenvalue weighted by molar-refractivity contribution is -0.188. The first-order chi connectivity index (χ1) is 6.26. The number of aldehydes is 1. The molecule has 3 heteroatoms. The highest BCUT2D eigenvalue weighted by Crippen LogP contribution is 2.42. The molecule has 0 aromatic rings. The van der Waals surface area contributed by atoms with Gasteiger partial charge < -0.3 is 14.3 Å². The summed E-state index contributed by atoms with van der Waals surface area (Å²) in [7, 11) is 0. The van der Waals surface area contributed by atoms with E-state index in [4.69, 9.17) is 9.47 Å². The van der Waals surface area contributed by atoms with Gasteiger partial charge in [0, 0.05) is 11.8 Å². The minimum Gasteiger partial charge on any atom is -0.348 e. The smallest absolute Gasteiger partial charge is 0.169 e. The number of hydrogen-bond donors (Lipinski definition) is 0. The van der Waals surface area contributed by atoms with Crippen molar-refractivity contribution in [1.82, 2.24) is 0 Å². The van der Waals surface area contributed by atoms with Crippen LogP contribution in [-0.2, 0) is 14.3 Å². The third-order valence-corrected chi connectivity index (χ3v) is 3.28. The first kappa shape index (κ1) is 9.16. The van der Waals surface area contributed by atoms with Crippen LogP contribution in [0.5, 0.6) is 0 Å². The zero-order valence-corrected chi connectivity index (χ0v) is 7.99. The molecule has 0 bridgehead atoms. The molecular weight excluding hydrogens is 168 g/mol. The average Bonchev–Trinajstić information content (AvgIpc) is 2.72. The van der Waals surface area contributed by atoms with Crippen LogP contribution in [0.4, 0.5) is 0 Å². The van der Waals surface area contributed by atoms with Gasteiger partial charge in [-0.2, -0.15) is 0 Å². The van der Waals surface area contributed by atoms with Crippen LogP contribution in [0.25, 0.3) is 0 Å². The van der Waals surface area contributed by atoms with Crippen molar-refractivity contribution < 1.29 is 14.3 Å². The van der Waals surface area contributed by atoms with Gasteiger partial charge in [0.1, 0.15) is 6.29 Å². The molecule has 1 aliphatic carbocycles. The third kappa shape index (κ3) is 1.51. The Morgan fingerprint density at radius 3 is 2.62 bits per heavy atom. The van der Waals surface area contributed by atoms with Gasteiger partial charge in [0.25, 0.3) is 0 Å². The summed E-state index contributed by atoms with van der Waals surface area (Å²) in [6, 6.07) is 0. The Kier molecular flexibility index (Phi) is 2.39. The zero-order valence-electron chi connectivity index (χ0n) is 7.99. The normalized spacial score (nSPS) is 37.9. The maximum Gasteiger partial charge on any atom is 0.169 e. The van der Waals surface area contributed by atoms with E-state index >= 15 is 0 Å². The first-order valence-electron chi connectivity index (χ1n) is 4.99. The predicted octanol–water partition coefficient (Wildman–Crippen LogP) is 1.36. The molecule has 0 amide bonds. The number of rotatable bonds is 2. The Morgan fingerprint density at radius 2 is 2.00 bits per heavy atom. The molecule has 0 aromatic carbocycles. The topological polar surface area (TPSA) is 35.5 Å². The van der Waals surface area contributed by atoms with Gasteiger partial charge in [0.05, 0.1) is 13.2 Å². The highest BCUT2D eigenvalue weighted by atomic mass is 16.7. The Balaban J connectivity index is 2.09. The molecule has 0 N–H and O–H groups in total. The predicted molar refractivity (Wildman–Crippen MR) is 47.2 cm³/mol. The van der Waals surface area contributed by atoms with Crippen molar-refractivity contribution >= 4 is 6.29 Å². The molecule has 2 fully saturated rings. The van der Waals surface area contributed by atoms with Crippen LogP contribution < -0.4 is 0 Å². The van der Waals surface area contributed by atoms with Gasteiger partial charge in [-0.3, -0.25) is 0 Å². The lowest BCUT2D eigenvalue weighted by Gasteiger charge is -2.31. The maximum atomic E-state index is 10.8. The fourth-order valence-corrected chi connectivity index (χ4v) is 2.55. The van der Waals surface area contributed by atoms with Crippen LogP contribution in [0.15, 0.2) is 0 Å². The van der Waals surface area contributed by atoms with Crippen LogP contribution in [0.1, 0.15) is 26.2 Å². The summed E-state index contributed by atoms with van der Waals surface area (Å²) in [6.45, 7) is 3.30. The van der Waals surface area contributed by atoms with Crippen molar-refractivity contribution in [3.8, 4) is 0 Å². The zero-order chi connectivity index (χ0) is 9.31. The molecule has 2 aliphatic rings. The van der Waals surface area contributed by atoms with Crippen LogP contribution in [0, 0.1) is 11.8 Å². The molecule has 2 atom stereocenters. The van der Waals surface area contributed by atoms with Gasteiger partial charge in [-0.25, -0.2) is 0 Å². The van der Waals surface area contributed by atoms with E-state index in [-0.39, 0.29) is 11.8 Å². The van der Waals surface area contributed by atoms with E-state index in [1.807, 2.05) is 6.92 Å². The fraction of sp³-hybridized carbons (Fsp3) is 0.900. The third-order valence-electron chi connectivity index (χ3n) is 3.28. The van der Waals surface area contributed by atoms with Crippen molar-refractivity contribution in [2.24, 2.45) is 11.8 Å². The van der Waals surface area contributed by atoms with E-state index in [1.165, 1.54) is 0 Å². The molecule has 13 heavy (non-hydrogen) atoms. The van der Waals surface area contributed by atoms with E-state index in [2.05, 4.69) is 0 Å². The molecule has 0 spiro atoms. The van der Waals surface area contributed by atoms with Crippen molar-refractivity contribution in [2.45, 2.75) is 32.0 Å². The summed E-state index contributed by atoms with van der Waals surface area (Å²) >= 11 is 0. The second kappa shape index (κ2) is 3.39. The van der Waals surface area contributed by atoms with Crippen molar-refractivity contribution in [3.05, 3.63) is 0 Å². The Hall–Kier alpha value is -0.410. The Bertz CT molecular complexity index is 196. The molecule has 2 unspecified atom stereocenters. The second-order valence-electron chi connectivity index (χ2n) is 4.05. The van der Waals surface area contributed by atoms with E-state index in [0.717, 1.165) is 25.5 Å². The summed E-state index contributed by atoms with van der Waals surface area (Å²) < 4.78 is 11.2. The summed E-state index contributed by atoms with van der Waals surface area (Å²) in [5.41, 5.74) is 0. The van der Waals surface area contributed by atoms with Crippen molar-refractivity contribution in [3.63, 3.8) is 0 Å². The number of hydrogen-bond acceptors (Lipinski definition) is 3. The molecule has 2 rings (SSSR count). The summed E-state index contributed by atoms with van der Waals surface area (Å²) in [4.78, 5) is 10.8. The van der Waals surface area contributed by atoms with Gasteiger partial charge in [-0.05, 0) is 19.8 Å². The molecule has 1 saturated heterocycles. The minimum atomic E-state index is -0.484. The largest absolute Gasteiger partial charge is 0.348 e. The van der Waals surface area contributed by atoms with E-state index in [9.17, 15) is 4.79 Å². The van der Waals surface area contributed by atoms with Crippen LogP contribution in [-0.4, -0.2) is 25.3 Å². The van der Waals surface area contributed by atoms with E-state index in [0.29, 0.717) is 13.2 Å². The lowest BCUT2D eigenvalue weighted by Crippen LogP contribution is -2.38.